The number of carboxylic acids is 1. The summed E-state index contributed by atoms with van der Waals surface area (Å²) in [5.74, 6) is 3.22. The lowest BCUT2D eigenvalue weighted by atomic mass is 10.2. The number of carbonyl (C=O) groups is 2. The van der Waals surface area contributed by atoms with Gasteiger partial charge in [-0.3, -0.25) is 14.5 Å². The smallest absolute Gasteiger partial charge is 0.323 e. The third kappa shape index (κ3) is 3.65. The molecule has 0 heterocycles. The standard InChI is InChI=1S/C13H13NO3/c1-3-4-12(15)14(9-13(16)17)11-7-5-10(2)6-8-11/h5-8H,9H2,1-2H3,(H,16,17). The van der Waals surface area contributed by atoms with Crippen LogP contribution in [0.25, 0.3) is 0 Å². The van der Waals surface area contributed by atoms with Gasteiger partial charge in [0.25, 0.3) is 0 Å². The molecule has 0 aliphatic rings. The van der Waals surface area contributed by atoms with Crippen molar-refractivity contribution in [1.29, 1.82) is 0 Å². The highest BCUT2D eigenvalue weighted by atomic mass is 16.4. The number of nitrogens with zero attached hydrogens (tertiary/aromatic N) is 1. The normalized spacial score (nSPS) is 9.06. The quantitative estimate of drug-likeness (QED) is 0.801. The van der Waals surface area contributed by atoms with E-state index < -0.39 is 18.4 Å². The Morgan fingerprint density at radius 3 is 2.35 bits per heavy atom. The van der Waals surface area contributed by atoms with Crippen molar-refractivity contribution in [3.63, 3.8) is 0 Å². The highest BCUT2D eigenvalue weighted by Crippen LogP contribution is 2.14. The maximum atomic E-state index is 11.7. The van der Waals surface area contributed by atoms with Crippen LogP contribution in [-0.2, 0) is 9.59 Å². The molecule has 88 valence electrons. The van der Waals surface area contributed by atoms with Gasteiger partial charge in [-0.25, -0.2) is 0 Å². The third-order valence-electron chi connectivity index (χ3n) is 2.12. The lowest BCUT2D eigenvalue weighted by molar-refractivity contribution is -0.136. The lowest BCUT2D eigenvalue weighted by Crippen LogP contribution is -2.34. The number of hydrogen-bond donors (Lipinski definition) is 1. The predicted octanol–water partition coefficient (Wildman–Crippen LogP) is 1.44. The number of aryl methyl sites for hydroxylation is 1. The Morgan fingerprint density at radius 1 is 1.29 bits per heavy atom. The van der Waals surface area contributed by atoms with E-state index in [2.05, 4.69) is 11.8 Å². The minimum Gasteiger partial charge on any atom is -0.480 e. The molecule has 1 aromatic carbocycles. The molecule has 0 unspecified atom stereocenters. The number of carbonyl (C=O) groups excluding carboxylic acids is 1. The van der Waals surface area contributed by atoms with E-state index in [1.54, 1.807) is 12.1 Å². The summed E-state index contributed by atoms with van der Waals surface area (Å²) in [4.78, 5) is 23.5. The van der Waals surface area contributed by atoms with E-state index in [1.165, 1.54) is 6.92 Å². The molecule has 17 heavy (non-hydrogen) atoms. The first-order valence-electron chi connectivity index (χ1n) is 5.07. The Labute approximate surface area is 99.9 Å². The summed E-state index contributed by atoms with van der Waals surface area (Å²) < 4.78 is 0. The van der Waals surface area contributed by atoms with E-state index in [-0.39, 0.29) is 0 Å². The van der Waals surface area contributed by atoms with Crippen LogP contribution in [0, 0.1) is 18.8 Å². The molecule has 0 radical (unpaired) electrons. The van der Waals surface area contributed by atoms with Gasteiger partial charge in [0.05, 0.1) is 0 Å². The molecule has 0 aliphatic carbocycles. The topological polar surface area (TPSA) is 57.6 Å². The van der Waals surface area contributed by atoms with Crippen LogP contribution in [0.1, 0.15) is 12.5 Å². The van der Waals surface area contributed by atoms with Crippen molar-refractivity contribution in [2.45, 2.75) is 13.8 Å². The maximum Gasteiger partial charge on any atom is 0.323 e. The molecule has 0 atom stereocenters. The van der Waals surface area contributed by atoms with E-state index >= 15 is 0 Å². The summed E-state index contributed by atoms with van der Waals surface area (Å²) in [6.07, 6.45) is 0. The molecule has 1 amide bonds. The van der Waals surface area contributed by atoms with Crippen LogP contribution in [0.5, 0.6) is 0 Å². The first kappa shape index (κ1) is 12.8. The third-order valence-corrected chi connectivity index (χ3v) is 2.12. The largest absolute Gasteiger partial charge is 0.480 e. The molecule has 1 rings (SSSR count). The summed E-state index contributed by atoms with van der Waals surface area (Å²) in [5.41, 5.74) is 1.57. The molecule has 1 aromatic rings. The van der Waals surface area contributed by atoms with E-state index in [9.17, 15) is 9.59 Å². The van der Waals surface area contributed by atoms with Crippen molar-refractivity contribution < 1.29 is 14.7 Å². The van der Waals surface area contributed by atoms with Crippen LogP contribution in [0.3, 0.4) is 0 Å². The fraction of sp³-hybridized carbons (Fsp3) is 0.231. The first-order valence-corrected chi connectivity index (χ1v) is 5.07. The van der Waals surface area contributed by atoms with Crippen molar-refractivity contribution >= 4 is 17.6 Å². The van der Waals surface area contributed by atoms with Gasteiger partial charge in [-0.15, -0.1) is 0 Å². The van der Waals surface area contributed by atoms with Crippen molar-refractivity contribution in [2.75, 3.05) is 11.4 Å². The maximum absolute atomic E-state index is 11.7. The molecular formula is C13H13NO3. The number of amides is 1. The van der Waals surface area contributed by atoms with Crippen molar-refractivity contribution in [3.8, 4) is 11.8 Å². The number of aliphatic carboxylic acids is 1. The van der Waals surface area contributed by atoms with E-state index in [0.717, 1.165) is 10.5 Å². The molecule has 0 saturated heterocycles. The summed E-state index contributed by atoms with van der Waals surface area (Å²) in [7, 11) is 0. The molecule has 0 fully saturated rings. The van der Waals surface area contributed by atoms with Crippen LogP contribution in [-0.4, -0.2) is 23.5 Å². The number of rotatable bonds is 3. The molecule has 0 spiro atoms. The summed E-state index contributed by atoms with van der Waals surface area (Å²) >= 11 is 0. The Bertz CT molecular complexity index is 480. The highest BCUT2D eigenvalue weighted by Gasteiger charge is 2.16. The lowest BCUT2D eigenvalue weighted by Gasteiger charge is -2.18. The number of carboxylic acid groups (broad SMARTS) is 1. The number of hydrogen-bond acceptors (Lipinski definition) is 2. The molecule has 0 aliphatic heterocycles. The minimum atomic E-state index is -1.07. The first-order chi connectivity index (χ1) is 8.04. The SMILES string of the molecule is CC#CC(=O)N(CC(=O)O)c1ccc(C)cc1. The van der Waals surface area contributed by atoms with Crippen LogP contribution in [0.4, 0.5) is 5.69 Å². The summed E-state index contributed by atoms with van der Waals surface area (Å²) in [5, 5.41) is 8.77. The van der Waals surface area contributed by atoms with Gasteiger partial charge >= 0.3 is 11.9 Å². The number of benzene rings is 1. The van der Waals surface area contributed by atoms with Gasteiger partial charge in [0.1, 0.15) is 6.54 Å². The predicted molar refractivity (Wildman–Crippen MR) is 64.6 cm³/mol. The van der Waals surface area contributed by atoms with Gasteiger partial charge in [0, 0.05) is 5.69 Å². The van der Waals surface area contributed by atoms with Gasteiger partial charge in [-0.1, -0.05) is 23.6 Å². The minimum absolute atomic E-state index is 0.392. The molecule has 1 N–H and O–H groups in total. The second-order valence-electron chi connectivity index (χ2n) is 3.50. The molecular weight excluding hydrogens is 218 g/mol. The Hall–Kier alpha value is -2.28. The van der Waals surface area contributed by atoms with Crippen molar-refractivity contribution in [2.24, 2.45) is 0 Å². The zero-order valence-corrected chi connectivity index (χ0v) is 9.73. The highest BCUT2D eigenvalue weighted by molar-refractivity contribution is 6.07. The average molecular weight is 231 g/mol. The van der Waals surface area contributed by atoms with Crippen LogP contribution >= 0.6 is 0 Å². The monoisotopic (exact) mass is 231 g/mol. The van der Waals surface area contributed by atoms with Gasteiger partial charge in [-0.05, 0) is 31.9 Å². The fourth-order valence-electron chi connectivity index (χ4n) is 1.31. The van der Waals surface area contributed by atoms with Gasteiger partial charge in [0.15, 0.2) is 0 Å². The van der Waals surface area contributed by atoms with E-state index in [0.29, 0.717) is 5.69 Å². The molecule has 0 bridgehead atoms. The van der Waals surface area contributed by atoms with Crippen molar-refractivity contribution in [3.05, 3.63) is 29.8 Å². The molecule has 0 saturated carbocycles. The zero-order chi connectivity index (χ0) is 12.8. The van der Waals surface area contributed by atoms with Crippen LogP contribution < -0.4 is 4.90 Å². The molecule has 4 nitrogen and oxygen atoms in total. The molecule has 0 aromatic heterocycles. The molecule has 4 heteroatoms. The Morgan fingerprint density at radius 2 is 1.88 bits per heavy atom. The van der Waals surface area contributed by atoms with Gasteiger partial charge in [0.2, 0.25) is 0 Å². The Kier molecular flexibility index (Phi) is 4.29. The second kappa shape index (κ2) is 5.71. The van der Waals surface area contributed by atoms with Gasteiger partial charge in [-0.2, -0.15) is 0 Å². The Balaban J connectivity index is 3.03. The van der Waals surface area contributed by atoms with E-state index in [1.807, 2.05) is 19.1 Å². The average Bonchev–Trinajstić information content (AvgIpc) is 2.27. The van der Waals surface area contributed by atoms with E-state index in [4.69, 9.17) is 5.11 Å². The zero-order valence-electron chi connectivity index (χ0n) is 9.73. The van der Waals surface area contributed by atoms with Gasteiger partial charge < -0.3 is 5.11 Å². The van der Waals surface area contributed by atoms with Crippen molar-refractivity contribution in [1.82, 2.24) is 0 Å². The van der Waals surface area contributed by atoms with Crippen LogP contribution in [0.15, 0.2) is 24.3 Å². The fourth-order valence-corrected chi connectivity index (χ4v) is 1.31. The number of anilines is 1. The second-order valence-corrected chi connectivity index (χ2v) is 3.50. The summed E-state index contributed by atoms with van der Waals surface area (Å²) in [6, 6.07) is 7.04. The van der Waals surface area contributed by atoms with Crippen LogP contribution in [0.2, 0.25) is 0 Å². The summed E-state index contributed by atoms with van der Waals surface area (Å²) in [6.45, 7) is 3.06.